The molecule has 0 saturated carbocycles. The normalized spacial score (nSPS) is 16.6. The van der Waals surface area contributed by atoms with E-state index in [4.69, 9.17) is 11.6 Å². The molecule has 2 amide bonds. The minimum Gasteiger partial charge on any atom is -0.369 e. The van der Waals surface area contributed by atoms with Crippen LogP contribution in [0.25, 0.3) is 0 Å². The second-order valence-corrected chi connectivity index (χ2v) is 9.62. The lowest BCUT2D eigenvalue weighted by Crippen LogP contribution is -2.57. The van der Waals surface area contributed by atoms with E-state index in [0.29, 0.717) is 23.4 Å². The number of aliphatic hydroxyl groups is 1. The van der Waals surface area contributed by atoms with Gasteiger partial charge in [-0.05, 0) is 55.7 Å². The van der Waals surface area contributed by atoms with Gasteiger partial charge in [0.1, 0.15) is 0 Å². The molecule has 1 fully saturated rings. The van der Waals surface area contributed by atoms with Gasteiger partial charge in [-0.1, -0.05) is 48.0 Å². The summed E-state index contributed by atoms with van der Waals surface area (Å²) in [7, 11) is 3.33. The van der Waals surface area contributed by atoms with E-state index >= 15 is 0 Å². The lowest BCUT2D eigenvalue weighted by atomic mass is 9.87. The molecule has 0 aromatic heterocycles. The molecule has 190 valence electrons. The van der Waals surface area contributed by atoms with Crippen LogP contribution in [0.3, 0.4) is 0 Å². The van der Waals surface area contributed by atoms with Gasteiger partial charge < -0.3 is 14.9 Å². The first-order chi connectivity index (χ1) is 16.4. The number of benzene rings is 2. The van der Waals surface area contributed by atoms with Gasteiger partial charge in [0.05, 0.1) is 10.6 Å². The first kappa shape index (κ1) is 27.0. The lowest BCUT2D eigenvalue weighted by molar-refractivity contribution is -0.262. The quantitative estimate of drug-likeness (QED) is 0.567. The van der Waals surface area contributed by atoms with E-state index in [1.807, 2.05) is 6.07 Å². The summed E-state index contributed by atoms with van der Waals surface area (Å²) in [5.41, 5.74) is -2.57. The highest BCUT2D eigenvalue weighted by molar-refractivity contribution is 6.33. The molecule has 1 aliphatic heterocycles. The maximum absolute atomic E-state index is 13.8. The van der Waals surface area contributed by atoms with Crippen molar-refractivity contribution in [3.8, 4) is 0 Å². The van der Waals surface area contributed by atoms with Crippen LogP contribution in [0.1, 0.15) is 47.2 Å². The van der Waals surface area contributed by atoms with Gasteiger partial charge in [0.2, 0.25) is 0 Å². The summed E-state index contributed by atoms with van der Waals surface area (Å²) in [6.07, 6.45) is -1.50. The second-order valence-electron chi connectivity index (χ2n) is 9.22. The summed E-state index contributed by atoms with van der Waals surface area (Å²) < 4.78 is 41.4. The Morgan fingerprint density at radius 3 is 2.26 bits per heavy atom. The maximum atomic E-state index is 13.8. The lowest BCUT2D eigenvalue weighted by Gasteiger charge is -2.38. The summed E-state index contributed by atoms with van der Waals surface area (Å²) in [6, 6.07) is 11.9. The van der Waals surface area contributed by atoms with Crippen LogP contribution >= 0.6 is 11.6 Å². The maximum Gasteiger partial charge on any atom is 0.430 e. The van der Waals surface area contributed by atoms with Crippen molar-refractivity contribution < 1.29 is 27.9 Å². The van der Waals surface area contributed by atoms with Crippen molar-refractivity contribution in [3.63, 3.8) is 0 Å². The summed E-state index contributed by atoms with van der Waals surface area (Å²) in [5, 5.41) is 10.9. The van der Waals surface area contributed by atoms with Crippen LogP contribution in [0, 0.1) is 5.92 Å². The number of alkyl halides is 3. The van der Waals surface area contributed by atoms with E-state index < -0.39 is 23.2 Å². The molecular weight excluding hydrogens is 481 g/mol. The van der Waals surface area contributed by atoms with Crippen molar-refractivity contribution in [2.24, 2.45) is 5.92 Å². The number of aryl methyl sites for hydroxylation is 1. The molecule has 35 heavy (non-hydrogen) atoms. The van der Waals surface area contributed by atoms with Crippen LogP contribution in [0.4, 0.5) is 13.2 Å². The van der Waals surface area contributed by atoms with Gasteiger partial charge >= 0.3 is 6.18 Å². The molecule has 9 heteroatoms. The van der Waals surface area contributed by atoms with Crippen LogP contribution < -0.4 is 0 Å². The molecule has 0 bridgehead atoms. The first-order valence-corrected chi connectivity index (χ1v) is 12.0. The number of likely N-dealkylation sites (tertiary alicyclic amines) is 1. The number of hydrogen-bond donors (Lipinski definition) is 1. The molecule has 1 unspecified atom stereocenters. The Morgan fingerprint density at radius 2 is 1.71 bits per heavy atom. The Balaban J connectivity index is 1.54. The number of nitrogens with zero attached hydrogens (tertiary/aromatic N) is 2. The third-order valence-corrected chi connectivity index (χ3v) is 6.87. The second kappa shape index (κ2) is 11.0. The third-order valence-electron chi connectivity index (χ3n) is 6.56. The average molecular weight is 511 g/mol. The number of carbonyl (C=O) groups excluding carboxylic acids is 2. The first-order valence-electron chi connectivity index (χ1n) is 11.6. The zero-order chi connectivity index (χ0) is 25.8. The van der Waals surface area contributed by atoms with Gasteiger partial charge in [-0.15, -0.1) is 0 Å². The minimum absolute atomic E-state index is 0.160. The number of rotatable bonds is 7. The number of hydrogen-bond acceptors (Lipinski definition) is 3. The average Bonchev–Trinajstić information content (AvgIpc) is 2.83. The fourth-order valence-electron chi connectivity index (χ4n) is 4.46. The molecule has 3 rings (SSSR count). The predicted molar refractivity (Wildman–Crippen MR) is 128 cm³/mol. The molecule has 1 heterocycles. The van der Waals surface area contributed by atoms with Crippen molar-refractivity contribution in [1.29, 1.82) is 0 Å². The standard InChI is InChI=1S/C26H30ClF3N2O3/c1-31(2)23(33)21-12-11-19(17-22(21)27)8-6-7-18-13-15-32(16-14-18)24(34)25(35,26(28,29)30)20-9-4-3-5-10-20/h3-5,9-12,17-18,35H,6-8,13-16H2,1-2H3. The largest absolute Gasteiger partial charge is 0.430 e. The molecule has 1 aliphatic rings. The summed E-state index contributed by atoms with van der Waals surface area (Å²) in [6.45, 7) is 0.337. The Kier molecular flexibility index (Phi) is 8.49. The Morgan fingerprint density at radius 1 is 1.09 bits per heavy atom. The van der Waals surface area contributed by atoms with Crippen molar-refractivity contribution in [2.75, 3.05) is 27.2 Å². The smallest absolute Gasteiger partial charge is 0.369 e. The van der Waals surface area contributed by atoms with E-state index in [0.717, 1.165) is 41.9 Å². The van der Waals surface area contributed by atoms with Crippen LogP contribution in [0.5, 0.6) is 0 Å². The fourth-order valence-corrected chi connectivity index (χ4v) is 4.75. The van der Waals surface area contributed by atoms with Gasteiger partial charge in [0.25, 0.3) is 17.4 Å². The Labute approximate surface area is 208 Å². The van der Waals surface area contributed by atoms with Crippen LogP contribution in [-0.2, 0) is 16.8 Å². The molecule has 2 aromatic rings. The summed E-state index contributed by atoms with van der Waals surface area (Å²) in [4.78, 5) is 27.5. The molecule has 0 spiro atoms. The van der Waals surface area contributed by atoms with E-state index in [-0.39, 0.29) is 24.9 Å². The van der Waals surface area contributed by atoms with Gasteiger partial charge in [-0.2, -0.15) is 13.2 Å². The number of halogens is 4. The highest BCUT2D eigenvalue weighted by Gasteiger charge is 2.62. The molecule has 0 aliphatic carbocycles. The van der Waals surface area contributed by atoms with Crippen molar-refractivity contribution in [3.05, 3.63) is 70.2 Å². The van der Waals surface area contributed by atoms with E-state index in [9.17, 15) is 27.9 Å². The van der Waals surface area contributed by atoms with Gasteiger partial charge in [0, 0.05) is 32.7 Å². The zero-order valence-corrected chi connectivity index (χ0v) is 20.6. The summed E-state index contributed by atoms with van der Waals surface area (Å²) in [5.74, 6) is -1.20. The molecule has 5 nitrogen and oxygen atoms in total. The van der Waals surface area contributed by atoms with Crippen molar-refractivity contribution in [2.45, 2.75) is 43.9 Å². The van der Waals surface area contributed by atoms with Gasteiger partial charge in [-0.25, -0.2) is 0 Å². The van der Waals surface area contributed by atoms with Gasteiger partial charge in [0.15, 0.2) is 0 Å². The number of carbonyl (C=O) groups is 2. The van der Waals surface area contributed by atoms with E-state index in [1.54, 1.807) is 26.2 Å². The van der Waals surface area contributed by atoms with Crippen molar-refractivity contribution in [1.82, 2.24) is 9.80 Å². The summed E-state index contributed by atoms with van der Waals surface area (Å²) >= 11 is 6.27. The highest BCUT2D eigenvalue weighted by atomic mass is 35.5. The van der Waals surface area contributed by atoms with Crippen LogP contribution in [0.15, 0.2) is 48.5 Å². The topological polar surface area (TPSA) is 60.9 Å². The molecule has 0 radical (unpaired) electrons. The Bertz CT molecular complexity index is 1040. The van der Waals surface area contributed by atoms with E-state index in [2.05, 4.69) is 0 Å². The Hall–Kier alpha value is -2.58. The van der Waals surface area contributed by atoms with Crippen molar-refractivity contribution >= 4 is 23.4 Å². The molecule has 2 aromatic carbocycles. The monoisotopic (exact) mass is 510 g/mol. The number of piperidine rings is 1. The number of amides is 2. The SMILES string of the molecule is CN(C)C(=O)c1ccc(CCCC2CCN(C(=O)C(O)(c3ccccc3)C(F)(F)F)CC2)cc1Cl. The minimum atomic E-state index is -5.13. The molecule has 1 saturated heterocycles. The molecular formula is C26H30ClF3N2O3. The zero-order valence-electron chi connectivity index (χ0n) is 19.8. The van der Waals surface area contributed by atoms with Crippen LogP contribution in [0.2, 0.25) is 5.02 Å². The predicted octanol–water partition coefficient (Wildman–Crippen LogP) is 5.05. The highest BCUT2D eigenvalue weighted by Crippen LogP contribution is 2.41. The molecule has 1 atom stereocenters. The van der Waals surface area contributed by atoms with Gasteiger partial charge in [-0.3, -0.25) is 9.59 Å². The van der Waals surface area contributed by atoms with E-state index in [1.165, 1.54) is 23.1 Å². The van der Waals surface area contributed by atoms with Crippen LogP contribution in [-0.4, -0.2) is 60.1 Å². The fraction of sp³-hybridized carbons (Fsp3) is 0.462. The third kappa shape index (κ3) is 5.98. The molecule has 1 N–H and O–H groups in total.